The number of benzene rings is 1. The molecular weight excluding hydrogens is 348 g/mol. The van der Waals surface area contributed by atoms with Crippen LogP contribution in [0, 0.1) is 5.92 Å². The van der Waals surface area contributed by atoms with E-state index in [2.05, 4.69) is 5.32 Å². The summed E-state index contributed by atoms with van der Waals surface area (Å²) in [7, 11) is 0. The van der Waals surface area contributed by atoms with E-state index >= 15 is 0 Å². The molecule has 3 rings (SSSR count). The molecule has 2 saturated heterocycles. The van der Waals surface area contributed by atoms with Crippen molar-refractivity contribution in [3.63, 3.8) is 0 Å². The van der Waals surface area contributed by atoms with Gasteiger partial charge in [-0.3, -0.25) is 14.4 Å². The molecule has 134 valence electrons. The van der Waals surface area contributed by atoms with Crippen molar-refractivity contribution in [3.8, 4) is 0 Å². The zero-order chi connectivity index (χ0) is 18.0. The first-order valence-corrected chi connectivity index (χ1v) is 8.44. The van der Waals surface area contributed by atoms with Gasteiger partial charge in [-0.25, -0.2) is 0 Å². The molecule has 2 unspecified atom stereocenters. The molecule has 2 aliphatic heterocycles. The fourth-order valence-electron chi connectivity index (χ4n) is 3.33. The molecule has 0 aromatic heterocycles. The molecule has 2 aliphatic rings. The molecule has 1 aromatic carbocycles. The molecule has 2 heterocycles. The molecule has 7 nitrogen and oxygen atoms in total. The third kappa shape index (κ3) is 3.77. The third-order valence-electron chi connectivity index (χ3n) is 4.62. The molecule has 0 saturated carbocycles. The molecule has 2 N–H and O–H groups in total. The summed E-state index contributed by atoms with van der Waals surface area (Å²) in [6.45, 7) is 0.793. The van der Waals surface area contributed by atoms with Crippen molar-refractivity contribution in [2.75, 3.05) is 24.7 Å². The molecular formula is C17H19ClN2O5. The lowest BCUT2D eigenvalue weighted by Crippen LogP contribution is -2.52. The number of carbonyl (C=O) groups excluding carboxylic acids is 2. The van der Waals surface area contributed by atoms with E-state index in [0.29, 0.717) is 23.7 Å². The average molecular weight is 367 g/mol. The number of hydrogen-bond donors (Lipinski definition) is 2. The lowest BCUT2D eigenvalue weighted by molar-refractivity contribution is -0.139. The van der Waals surface area contributed by atoms with Crippen molar-refractivity contribution in [3.05, 3.63) is 29.3 Å². The minimum atomic E-state index is -0.994. The highest BCUT2D eigenvalue weighted by atomic mass is 35.5. The van der Waals surface area contributed by atoms with E-state index in [4.69, 9.17) is 21.4 Å². The first-order chi connectivity index (χ1) is 11.9. The Morgan fingerprint density at radius 3 is 2.80 bits per heavy atom. The Balaban J connectivity index is 1.70. The third-order valence-corrected chi connectivity index (χ3v) is 4.94. The second kappa shape index (κ2) is 7.01. The Kier molecular flexibility index (Phi) is 4.96. The summed E-state index contributed by atoms with van der Waals surface area (Å²) < 4.78 is 5.28. The van der Waals surface area contributed by atoms with Crippen LogP contribution in [-0.4, -0.2) is 48.2 Å². The lowest BCUT2D eigenvalue weighted by atomic mass is 9.93. The average Bonchev–Trinajstić information content (AvgIpc) is 3.14. The zero-order valence-corrected chi connectivity index (χ0v) is 14.3. The van der Waals surface area contributed by atoms with Gasteiger partial charge in [-0.15, -0.1) is 0 Å². The van der Waals surface area contributed by atoms with Crippen LogP contribution in [0.1, 0.15) is 19.3 Å². The van der Waals surface area contributed by atoms with Gasteiger partial charge in [-0.05, 0) is 18.6 Å². The van der Waals surface area contributed by atoms with E-state index in [1.54, 1.807) is 24.3 Å². The van der Waals surface area contributed by atoms with Crippen molar-refractivity contribution >= 4 is 35.1 Å². The number of nitrogens with one attached hydrogen (secondary N) is 1. The quantitative estimate of drug-likeness (QED) is 0.822. The summed E-state index contributed by atoms with van der Waals surface area (Å²) in [6, 6.07) is 6.97. The summed E-state index contributed by atoms with van der Waals surface area (Å²) in [5.41, 5.74) is -0.321. The maximum atomic E-state index is 12.6. The van der Waals surface area contributed by atoms with Gasteiger partial charge in [0.1, 0.15) is 0 Å². The van der Waals surface area contributed by atoms with Crippen LogP contribution in [-0.2, 0) is 19.1 Å². The van der Waals surface area contributed by atoms with Crippen LogP contribution in [0.4, 0.5) is 5.69 Å². The fourth-order valence-corrected chi connectivity index (χ4v) is 3.57. The molecule has 2 amide bonds. The molecule has 0 radical (unpaired) electrons. The second-order valence-electron chi connectivity index (χ2n) is 6.50. The molecule has 25 heavy (non-hydrogen) atoms. The van der Waals surface area contributed by atoms with Crippen molar-refractivity contribution in [2.45, 2.75) is 24.8 Å². The van der Waals surface area contributed by atoms with Gasteiger partial charge in [-0.1, -0.05) is 23.7 Å². The number of ether oxygens (including phenoxy) is 1. The number of halogens is 1. The maximum absolute atomic E-state index is 12.6. The van der Waals surface area contributed by atoms with E-state index in [9.17, 15) is 14.4 Å². The highest BCUT2D eigenvalue weighted by Gasteiger charge is 2.42. The highest BCUT2D eigenvalue weighted by Crippen LogP contribution is 2.32. The van der Waals surface area contributed by atoms with Crippen LogP contribution in [0.15, 0.2) is 24.3 Å². The predicted octanol–water partition coefficient (Wildman–Crippen LogP) is 1.44. The van der Waals surface area contributed by atoms with Gasteiger partial charge in [0.05, 0.1) is 35.2 Å². The van der Waals surface area contributed by atoms with Gasteiger partial charge in [0.25, 0.3) is 0 Å². The van der Waals surface area contributed by atoms with E-state index in [-0.39, 0.29) is 37.8 Å². The van der Waals surface area contributed by atoms with Gasteiger partial charge in [0, 0.05) is 19.6 Å². The Labute approximate surface area is 149 Å². The van der Waals surface area contributed by atoms with E-state index in [0.717, 1.165) is 0 Å². The molecule has 2 fully saturated rings. The number of hydrogen-bond acceptors (Lipinski definition) is 4. The summed E-state index contributed by atoms with van der Waals surface area (Å²) in [5.74, 6) is -2.04. The van der Waals surface area contributed by atoms with E-state index in [1.807, 2.05) is 0 Å². The summed E-state index contributed by atoms with van der Waals surface area (Å²) in [4.78, 5) is 37.5. The van der Waals surface area contributed by atoms with Crippen LogP contribution < -0.4 is 10.2 Å². The fraction of sp³-hybridized carbons (Fsp3) is 0.471. The largest absolute Gasteiger partial charge is 0.481 e. The maximum Gasteiger partial charge on any atom is 0.305 e. The summed E-state index contributed by atoms with van der Waals surface area (Å²) >= 11 is 6.14. The Bertz CT molecular complexity index is 702. The topological polar surface area (TPSA) is 95.9 Å². The summed E-state index contributed by atoms with van der Waals surface area (Å²) in [5, 5.41) is 12.4. The standard InChI is InChI=1S/C17H19ClN2O5/c18-12-3-1-2-4-13(12)20-9-11(7-14(20)21)16(24)19-17(8-15(22)23)5-6-25-10-17/h1-4,11H,5-10H2,(H,19,24)(H,22,23). The van der Waals surface area contributed by atoms with Gasteiger partial charge in [0.15, 0.2) is 0 Å². The van der Waals surface area contributed by atoms with Crippen LogP contribution in [0.3, 0.4) is 0 Å². The first-order valence-electron chi connectivity index (χ1n) is 8.07. The van der Waals surface area contributed by atoms with Gasteiger partial charge in [-0.2, -0.15) is 0 Å². The van der Waals surface area contributed by atoms with Crippen LogP contribution in [0.25, 0.3) is 0 Å². The molecule has 0 aliphatic carbocycles. The number of aliphatic carboxylic acids is 1. The van der Waals surface area contributed by atoms with Gasteiger partial charge < -0.3 is 20.1 Å². The second-order valence-corrected chi connectivity index (χ2v) is 6.91. The van der Waals surface area contributed by atoms with Crippen molar-refractivity contribution in [2.24, 2.45) is 5.92 Å². The SMILES string of the molecule is O=C(O)CC1(NC(=O)C2CC(=O)N(c3ccccc3Cl)C2)CCOC1. The van der Waals surface area contributed by atoms with Crippen molar-refractivity contribution in [1.29, 1.82) is 0 Å². The highest BCUT2D eigenvalue weighted by molar-refractivity contribution is 6.33. The number of anilines is 1. The van der Waals surface area contributed by atoms with Crippen LogP contribution in [0.5, 0.6) is 0 Å². The lowest BCUT2D eigenvalue weighted by Gasteiger charge is -2.28. The zero-order valence-electron chi connectivity index (χ0n) is 13.5. The Hall–Kier alpha value is -2.12. The number of amides is 2. The van der Waals surface area contributed by atoms with Gasteiger partial charge >= 0.3 is 5.97 Å². The summed E-state index contributed by atoms with van der Waals surface area (Å²) in [6.07, 6.45) is 0.314. The number of nitrogens with zero attached hydrogens (tertiary/aromatic N) is 1. The molecule has 0 spiro atoms. The number of carbonyl (C=O) groups is 3. The Morgan fingerprint density at radius 2 is 2.16 bits per heavy atom. The number of rotatable bonds is 5. The van der Waals surface area contributed by atoms with Crippen LogP contribution in [0.2, 0.25) is 5.02 Å². The van der Waals surface area contributed by atoms with E-state index < -0.39 is 17.4 Å². The normalized spacial score (nSPS) is 26.0. The smallest absolute Gasteiger partial charge is 0.305 e. The molecule has 2 atom stereocenters. The Morgan fingerprint density at radius 1 is 1.40 bits per heavy atom. The monoisotopic (exact) mass is 366 g/mol. The molecule has 8 heteroatoms. The van der Waals surface area contributed by atoms with Crippen molar-refractivity contribution in [1.82, 2.24) is 5.32 Å². The number of carboxylic acids is 1. The van der Waals surface area contributed by atoms with Crippen molar-refractivity contribution < 1.29 is 24.2 Å². The first kappa shape index (κ1) is 17.7. The van der Waals surface area contributed by atoms with E-state index in [1.165, 1.54) is 4.90 Å². The van der Waals surface area contributed by atoms with Gasteiger partial charge in [0.2, 0.25) is 11.8 Å². The number of para-hydroxylation sites is 1. The number of carboxylic acid groups (broad SMARTS) is 1. The molecule has 1 aromatic rings. The predicted molar refractivity (Wildman–Crippen MR) is 90.5 cm³/mol. The minimum absolute atomic E-state index is 0.0705. The minimum Gasteiger partial charge on any atom is -0.481 e. The van der Waals surface area contributed by atoms with Crippen LogP contribution >= 0.6 is 11.6 Å². The molecule has 0 bridgehead atoms.